The number of nitrogens with one attached hydrogen (secondary N) is 2. The fourth-order valence-electron chi connectivity index (χ4n) is 6.56. The summed E-state index contributed by atoms with van der Waals surface area (Å²) in [6.07, 6.45) is 9.61. The first-order chi connectivity index (χ1) is 17.1. The van der Waals surface area contributed by atoms with Crippen LogP contribution in [-0.2, 0) is 19.1 Å². The molecule has 1 aromatic carbocycles. The molecule has 1 spiro atoms. The number of rotatable bonds is 6. The molecule has 194 valence electrons. The molecule has 0 aromatic heterocycles. The highest BCUT2D eigenvalue weighted by molar-refractivity contribution is 6.42. The summed E-state index contributed by atoms with van der Waals surface area (Å²) in [5.41, 5.74) is -1.71. The predicted molar refractivity (Wildman–Crippen MR) is 139 cm³/mol. The van der Waals surface area contributed by atoms with Crippen molar-refractivity contribution in [3.05, 3.63) is 40.4 Å². The number of fused-ring (bicyclic) bond motifs is 1. The van der Waals surface area contributed by atoms with Gasteiger partial charge in [0.15, 0.2) is 0 Å². The molecule has 0 unspecified atom stereocenters. The van der Waals surface area contributed by atoms with E-state index in [1.807, 2.05) is 32.9 Å². The average molecular weight is 534 g/mol. The zero-order chi connectivity index (χ0) is 25.8. The van der Waals surface area contributed by atoms with E-state index in [9.17, 15) is 14.4 Å². The second kappa shape index (κ2) is 9.34. The Morgan fingerprint density at radius 3 is 2.53 bits per heavy atom. The molecule has 1 saturated carbocycles. The number of halogens is 2. The Balaban J connectivity index is 1.48. The minimum atomic E-state index is -1.19. The normalized spacial score (nSPS) is 34.1. The largest absolute Gasteiger partial charge is 0.356 e. The second-order valence-electron chi connectivity index (χ2n) is 10.8. The molecule has 0 radical (unpaired) electrons. The molecule has 3 aliphatic heterocycles. The van der Waals surface area contributed by atoms with Crippen molar-refractivity contribution in [2.24, 2.45) is 11.8 Å². The van der Waals surface area contributed by atoms with Gasteiger partial charge in [-0.1, -0.05) is 61.5 Å². The van der Waals surface area contributed by atoms with Gasteiger partial charge >= 0.3 is 0 Å². The van der Waals surface area contributed by atoms with Gasteiger partial charge in [-0.05, 0) is 51.3 Å². The molecule has 9 heteroatoms. The van der Waals surface area contributed by atoms with E-state index < -0.39 is 29.1 Å². The molecule has 3 amide bonds. The van der Waals surface area contributed by atoms with Crippen molar-refractivity contribution in [2.45, 2.75) is 88.6 Å². The number of ether oxygens (including phenoxy) is 1. The van der Waals surface area contributed by atoms with E-state index in [1.165, 1.54) is 6.42 Å². The number of likely N-dealkylation sites (tertiary alicyclic amines) is 1. The van der Waals surface area contributed by atoms with Crippen LogP contribution < -0.4 is 10.6 Å². The van der Waals surface area contributed by atoms with Crippen molar-refractivity contribution in [1.29, 1.82) is 0 Å². The van der Waals surface area contributed by atoms with Gasteiger partial charge in [0.25, 0.3) is 0 Å². The van der Waals surface area contributed by atoms with Crippen LogP contribution in [0.3, 0.4) is 0 Å². The van der Waals surface area contributed by atoms with E-state index in [4.69, 9.17) is 27.9 Å². The van der Waals surface area contributed by atoms with Crippen LogP contribution in [0.15, 0.2) is 30.4 Å². The first-order valence-corrected chi connectivity index (χ1v) is 13.7. The van der Waals surface area contributed by atoms with Crippen LogP contribution >= 0.6 is 23.2 Å². The molecule has 36 heavy (non-hydrogen) atoms. The number of nitrogens with zero attached hydrogens (tertiary/aromatic N) is 1. The number of hydrogen-bond donors (Lipinski definition) is 2. The minimum Gasteiger partial charge on any atom is -0.356 e. The number of benzene rings is 1. The number of carbonyl (C=O) groups excluding carboxylic acids is 3. The first kappa shape index (κ1) is 25.6. The van der Waals surface area contributed by atoms with Gasteiger partial charge in [-0.2, -0.15) is 0 Å². The minimum absolute atomic E-state index is 0.0995. The number of amides is 3. The molecular weight excluding hydrogens is 501 g/mol. The molecule has 4 aliphatic rings. The highest BCUT2D eigenvalue weighted by atomic mass is 35.5. The van der Waals surface area contributed by atoms with Crippen molar-refractivity contribution in [3.8, 4) is 0 Å². The lowest BCUT2D eigenvalue weighted by molar-refractivity contribution is -0.146. The fourth-order valence-corrected chi connectivity index (χ4v) is 6.86. The Morgan fingerprint density at radius 1 is 1.14 bits per heavy atom. The average Bonchev–Trinajstić information content (AvgIpc) is 3.42. The Labute approximate surface area is 221 Å². The quantitative estimate of drug-likeness (QED) is 0.518. The van der Waals surface area contributed by atoms with E-state index in [0.29, 0.717) is 22.2 Å². The molecule has 1 aromatic rings. The Hall–Kier alpha value is -2.09. The van der Waals surface area contributed by atoms with Crippen molar-refractivity contribution in [3.63, 3.8) is 0 Å². The molecule has 7 nitrogen and oxygen atoms in total. The molecular formula is C27H33Cl2N3O4. The third-order valence-corrected chi connectivity index (χ3v) is 9.21. The van der Waals surface area contributed by atoms with Crippen molar-refractivity contribution >= 4 is 46.6 Å². The molecule has 2 bridgehead atoms. The van der Waals surface area contributed by atoms with Gasteiger partial charge in [-0.25, -0.2) is 0 Å². The van der Waals surface area contributed by atoms with E-state index in [-0.39, 0.29) is 29.8 Å². The third kappa shape index (κ3) is 3.95. The number of anilines is 1. The van der Waals surface area contributed by atoms with E-state index in [1.54, 1.807) is 23.1 Å². The van der Waals surface area contributed by atoms with Gasteiger partial charge in [-0.3, -0.25) is 14.4 Å². The second-order valence-corrected chi connectivity index (χ2v) is 11.6. The number of carbonyl (C=O) groups is 3. The van der Waals surface area contributed by atoms with E-state index >= 15 is 0 Å². The van der Waals surface area contributed by atoms with Crippen molar-refractivity contribution in [2.75, 3.05) is 5.32 Å². The van der Waals surface area contributed by atoms with Gasteiger partial charge in [-0.15, -0.1) is 0 Å². The summed E-state index contributed by atoms with van der Waals surface area (Å²) in [5, 5.41) is 6.81. The van der Waals surface area contributed by atoms with E-state index in [2.05, 4.69) is 10.6 Å². The maximum Gasteiger partial charge on any atom is 0.246 e. The van der Waals surface area contributed by atoms with Crippen LogP contribution in [0.4, 0.5) is 5.69 Å². The Morgan fingerprint density at radius 2 is 1.86 bits per heavy atom. The third-order valence-electron chi connectivity index (χ3n) is 8.47. The fraction of sp³-hybridized carbons (Fsp3) is 0.593. The lowest BCUT2D eigenvalue weighted by Gasteiger charge is -2.37. The molecule has 5 rings (SSSR count). The molecule has 3 heterocycles. The Bertz CT molecular complexity index is 1120. The number of hydrogen-bond acceptors (Lipinski definition) is 4. The summed E-state index contributed by atoms with van der Waals surface area (Å²) in [6.45, 7) is 5.75. The standard InChI is InChI=1S/C27H33Cl2N3O4/c1-4-15(2)32-22(24(34)30-16-8-6-5-7-9-16)27-13-12-26(3,36-27)20(21(27)25(32)35)23(33)31-17-10-11-18(28)19(29)14-17/h10-16,20-22H,4-9H2,1-3H3,(H,30,34)(H,31,33)/t15-,20-,21-,22+,26-,27-/m0/s1. The summed E-state index contributed by atoms with van der Waals surface area (Å²) in [4.78, 5) is 43.1. The molecule has 1 aliphatic carbocycles. The predicted octanol–water partition coefficient (Wildman–Crippen LogP) is 4.72. The van der Waals surface area contributed by atoms with Crippen LogP contribution in [-0.4, -0.2) is 51.9 Å². The van der Waals surface area contributed by atoms with Crippen LogP contribution in [0.25, 0.3) is 0 Å². The molecule has 3 fully saturated rings. The maximum atomic E-state index is 14.0. The van der Waals surface area contributed by atoms with Gasteiger partial charge in [0.05, 0.1) is 27.5 Å². The van der Waals surface area contributed by atoms with Crippen LogP contribution in [0.2, 0.25) is 10.0 Å². The van der Waals surface area contributed by atoms with Gasteiger partial charge in [0.1, 0.15) is 11.6 Å². The smallest absolute Gasteiger partial charge is 0.246 e. The van der Waals surface area contributed by atoms with Gasteiger partial charge < -0.3 is 20.3 Å². The summed E-state index contributed by atoms with van der Waals surface area (Å²) < 4.78 is 6.56. The zero-order valence-electron chi connectivity index (χ0n) is 20.9. The van der Waals surface area contributed by atoms with Gasteiger partial charge in [0.2, 0.25) is 17.7 Å². The topological polar surface area (TPSA) is 87.7 Å². The van der Waals surface area contributed by atoms with Crippen LogP contribution in [0.5, 0.6) is 0 Å². The Kier molecular flexibility index (Phi) is 6.63. The van der Waals surface area contributed by atoms with Crippen LogP contribution in [0, 0.1) is 11.8 Å². The summed E-state index contributed by atoms with van der Waals surface area (Å²) >= 11 is 12.2. The van der Waals surface area contributed by atoms with Crippen LogP contribution in [0.1, 0.15) is 59.3 Å². The monoisotopic (exact) mass is 533 g/mol. The van der Waals surface area contributed by atoms with Gasteiger partial charge in [0, 0.05) is 17.8 Å². The first-order valence-electron chi connectivity index (χ1n) is 12.9. The summed E-state index contributed by atoms with van der Waals surface area (Å²) in [5.74, 6) is -2.36. The highest BCUT2D eigenvalue weighted by Gasteiger charge is 2.76. The molecule has 2 N–H and O–H groups in total. The summed E-state index contributed by atoms with van der Waals surface area (Å²) in [6, 6.07) is 3.94. The van der Waals surface area contributed by atoms with Crippen molar-refractivity contribution < 1.29 is 19.1 Å². The van der Waals surface area contributed by atoms with Crippen molar-refractivity contribution in [1.82, 2.24) is 10.2 Å². The zero-order valence-corrected chi connectivity index (χ0v) is 22.4. The molecule has 6 atom stereocenters. The SMILES string of the molecule is CC[C@H](C)N1C(=O)[C@@H]2[C@@H](C(=O)Nc3ccc(Cl)c(Cl)c3)[C@]3(C)C=C[C@@]2(O3)[C@H]1C(=O)NC1CCCCC1. The lowest BCUT2D eigenvalue weighted by atomic mass is 9.70. The summed E-state index contributed by atoms with van der Waals surface area (Å²) in [7, 11) is 0. The van der Waals surface area contributed by atoms with E-state index in [0.717, 1.165) is 25.7 Å². The lowest BCUT2D eigenvalue weighted by Crippen LogP contribution is -2.58. The highest BCUT2D eigenvalue weighted by Crippen LogP contribution is 2.60. The maximum absolute atomic E-state index is 14.0. The molecule has 2 saturated heterocycles.